The summed E-state index contributed by atoms with van der Waals surface area (Å²) in [6, 6.07) is 30.1. The van der Waals surface area contributed by atoms with Gasteiger partial charge in [0.1, 0.15) is 12.6 Å². The molecule has 4 rings (SSSR count). The lowest BCUT2D eigenvalue weighted by atomic mass is 10.0. The summed E-state index contributed by atoms with van der Waals surface area (Å²) in [5, 5.41) is 3.03. The number of nitrogens with one attached hydrogen (secondary N) is 1. The summed E-state index contributed by atoms with van der Waals surface area (Å²) in [5.74, 6) is -0.568. The Morgan fingerprint density at radius 1 is 0.848 bits per heavy atom. The lowest BCUT2D eigenvalue weighted by molar-refractivity contribution is -0.140. The van der Waals surface area contributed by atoms with Gasteiger partial charge < -0.3 is 10.2 Å². The van der Waals surface area contributed by atoms with Crippen LogP contribution in [0.2, 0.25) is 0 Å². The van der Waals surface area contributed by atoms with Crippen LogP contribution in [0.15, 0.2) is 112 Å². The number of sulfonamides is 1. The van der Waals surface area contributed by atoms with E-state index in [2.05, 4.69) is 21.2 Å². The Balaban J connectivity index is 1.83. The number of hydrogen-bond acceptors (Lipinski definition) is 4. The molecule has 0 bridgehead atoms. The third kappa shape index (κ3) is 9.07. The minimum Gasteiger partial charge on any atom is -0.354 e. The molecule has 242 valence electrons. The van der Waals surface area contributed by atoms with Gasteiger partial charge in [-0.15, -0.1) is 0 Å². The highest BCUT2D eigenvalue weighted by Crippen LogP contribution is 2.29. The van der Waals surface area contributed by atoms with Gasteiger partial charge in [-0.1, -0.05) is 115 Å². The minimum atomic E-state index is -4.16. The molecule has 7 nitrogen and oxygen atoms in total. The van der Waals surface area contributed by atoms with E-state index in [-0.39, 0.29) is 29.7 Å². The molecule has 9 heteroatoms. The van der Waals surface area contributed by atoms with Crippen LogP contribution in [0.5, 0.6) is 0 Å². The Morgan fingerprint density at radius 2 is 1.50 bits per heavy atom. The molecule has 0 aliphatic carbocycles. The van der Waals surface area contributed by atoms with Crippen molar-refractivity contribution < 1.29 is 18.0 Å². The Bertz CT molecular complexity index is 1730. The minimum absolute atomic E-state index is 0.0888. The monoisotopic (exact) mass is 703 g/mol. The maximum absolute atomic E-state index is 14.7. The zero-order valence-corrected chi connectivity index (χ0v) is 29.2. The maximum atomic E-state index is 14.7. The highest BCUT2D eigenvalue weighted by atomic mass is 79.9. The molecule has 0 aromatic heterocycles. The van der Waals surface area contributed by atoms with E-state index in [1.165, 1.54) is 9.21 Å². The second-order valence-corrected chi connectivity index (χ2v) is 14.6. The first-order valence-electron chi connectivity index (χ1n) is 15.5. The van der Waals surface area contributed by atoms with Gasteiger partial charge in [0.25, 0.3) is 10.0 Å². The van der Waals surface area contributed by atoms with E-state index in [4.69, 9.17) is 0 Å². The van der Waals surface area contributed by atoms with Gasteiger partial charge in [0.15, 0.2) is 0 Å². The zero-order valence-electron chi connectivity index (χ0n) is 26.8. The summed E-state index contributed by atoms with van der Waals surface area (Å²) >= 11 is 3.52. The Kier molecular flexibility index (Phi) is 12.2. The molecular formula is C37H42BrN3O4S. The van der Waals surface area contributed by atoms with Crippen molar-refractivity contribution in [3.63, 3.8) is 0 Å². The molecule has 0 saturated carbocycles. The number of para-hydroxylation sites is 1. The number of halogens is 1. The number of carbonyl (C=O) groups is 2. The first-order chi connectivity index (χ1) is 22.0. The van der Waals surface area contributed by atoms with Crippen molar-refractivity contribution in [2.75, 3.05) is 17.4 Å². The highest BCUT2D eigenvalue weighted by molar-refractivity contribution is 9.10. The summed E-state index contributed by atoms with van der Waals surface area (Å²) < 4.78 is 30.7. The molecule has 1 N–H and O–H groups in total. The maximum Gasteiger partial charge on any atom is 0.264 e. The number of aryl methyl sites for hydroxylation is 2. The van der Waals surface area contributed by atoms with Gasteiger partial charge in [-0.2, -0.15) is 0 Å². The Morgan fingerprint density at radius 3 is 2.15 bits per heavy atom. The Hall–Kier alpha value is -3.95. The first kappa shape index (κ1) is 34.9. The number of nitrogens with zero attached hydrogens (tertiary/aromatic N) is 2. The van der Waals surface area contributed by atoms with E-state index in [1.807, 2.05) is 94.4 Å². The molecule has 4 aromatic carbocycles. The lowest BCUT2D eigenvalue weighted by Crippen LogP contribution is -2.53. The second kappa shape index (κ2) is 16.1. The molecule has 46 heavy (non-hydrogen) atoms. The fourth-order valence-corrected chi connectivity index (χ4v) is 7.11. The fourth-order valence-electron chi connectivity index (χ4n) is 5.21. The van der Waals surface area contributed by atoms with Gasteiger partial charge in [0, 0.05) is 24.0 Å². The van der Waals surface area contributed by atoms with E-state index < -0.39 is 28.5 Å². The third-order valence-electron chi connectivity index (χ3n) is 7.73. The van der Waals surface area contributed by atoms with Crippen LogP contribution in [0.3, 0.4) is 0 Å². The molecule has 0 unspecified atom stereocenters. The number of carbonyl (C=O) groups excluding carboxylic acids is 2. The van der Waals surface area contributed by atoms with E-state index >= 15 is 0 Å². The SMILES string of the molecule is CCc1ccccc1N(CC(=O)N(Cc1cccc(Br)c1)[C@@H](Cc1ccccc1)C(=O)NCC(C)C)S(=O)(=O)c1ccc(C)cc1. The van der Waals surface area contributed by atoms with Crippen LogP contribution in [0.25, 0.3) is 0 Å². The molecule has 0 aliphatic rings. The van der Waals surface area contributed by atoms with Crippen LogP contribution in [-0.2, 0) is 39.0 Å². The van der Waals surface area contributed by atoms with E-state index in [9.17, 15) is 18.0 Å². The third-order valence-corrected chi connectivity index (χ3v) is 9.99. The van der Waals surface area contributed by atoms with Crippen LogP contribution >= 0.6 is 15.9 Å². The average molecular weight is 705 g/mol. The van der Waals surface area contributed by atoms with Crippen LogP contribution < -0.4 is 9.62 Å². The average Bonchev–Trinajstić information content (AvgIpc) is 3.04. The smallest absolute Gasteiger partial charge is 0.264 e. The van der Waals surface area contributed by atoms with Gasteiger partial charge in [-0.3, -0.25) is 13.9 Å². The molecule has 4 aromatic rings. The molecule has 0 fully saturated rings. The van der Waals surface area contributed by atoms with Crippen LogP contribution in [0.4, 0.5) is 5.69 Å². The van der Waals surface area contributed by atoms with E-state index in [1.54, 1.807) is 36.4 Å². The zero-order chi connectivity index (χ0) is 33.3. The molecule has 0 heterocycles. The predicted octanol–water partition coefficient (Wildman–Crippen LogP) is 6.93. The summed E-state index contributed by atoms with van der Waals surface area (Å²) in [7, 11) is -4.16. The topological polar surface area (TPSA) is 86.8 Å². The van der Waals surface area contributed by atoms with Crippen molar-refractivity contribution in [3.05, 3.63) is 130 Å². The van der Waals surface area contributed by atoms with Gasteiger partial charge in [-0.05, 0) is 66.3 Å². The molecule has 0 radical (unpaired) electrons. The van der Waals surface area contributed by atoms with Crippen molar-refractivity contribution in [1.82, 2.24) is 10.2 Å². The van der Waals surface area contributed by atoms with Gasteiger partial charge >= 0.3 is 0 Å². The number of anilines is 1. The Labute approximate surface area is 281 Å². The summed E-state index contributed by atoms with van der Waals surface area (Å²) in [6.07, 6.45) is 0.834. The molecular weight excluding hydrogens is 662 g/mol. The molecule has 1 atom stereocenters. The molecule has 0 spiro atoms. The van der Waals surface area contributed by atoms with Gasteiger partial charge in [0.2, 0.25) is 11.8 Å². The molecule has 0 saturated heterocycles. The van der Waals surface area contributed by atoms with Crippen LogP contribution in [0.1, 0.15) is 43.0 Å². The number of hydrogen-bond donors (Lipinski definition) is 1. The second-order valence-electron chi connectivity index (χ2n) is 11.8. The number of rotatable bonds is 14. The van der Waals surface area contributed by atoms with E-state index in [0.29, 0.717) is 18.7 Å². The molecule has 2 amide bonds. The van der Waals surface area contributed by atoms with E-state index in [0.717, 1.165) is 26.7 Å². The number of benzene rings is 4. The van der Waals surface area contributed by atoms with Crippen molar-refractivity contribution in [3.8, 4) is 0 Å². The van der Waals surface area contributed by atoms with Gasteiger partial charge in [-0.25, -0.2) is 8.42 Å². The van der Waals surface area contributed by atoms with Crippen molar-refractivity contribution in [2.45, 2.75) is 58.0 Å². The highest BCUT2D eigenvalue weighted by Gasteiger charge is 2.35. The summed E-state index contributed by atoms with van der Waals surface area (Å²) in [5.41, 5.74) is 3.84. The van der Waals surface area contributed by atoms with Crippen molar-refractivity contribution in [1.29, 1.82) is 0 Å². The van der Waals surface area contributed by atoms with Crippen LogP contribution in [-0.4, -0.2) is 44.3 Å². The fraction of sp³-hybridized carbons (Fsp3) is 0.297. The van der Waals surface area contributed by atoms with Crippen molar-refractivity contribution >= 4 is 43.5 Å². The lowest BCUT2D eigenvalue weighted by Gasteiger charge is -2.34. The first-order valence-corrected chi connectivity index (χ1v) is 17.8. The summed E-state index contributed by atoms with van der Waals surface area (Å²) in [4.78, 5) is 30.2. The summed E-state index contributed by atoms with van der Waals surface area (Å²) in [6.45, 7) is 7.93. The number of amides is 2. The van der Waals surface area contributed by atoms with Crippen molar-refractivity contribution in [2.24, 2.45) is 5.92 Å². The largest absolute Gasteiger partial charge is 0.354 e. The quantitative estimate of drug-likeness (QED) is 0.154. The van der Waals surface area contributed by atoms with Gasteiger partial charge in [0.05, 0.1) is 10.6 Å². The predicted molar refractivity (Wildman–Crippen MR) is 188 cm³/mol. The standard InChI is InChI=1S/C37H42BrN3O4S/c1-5-31-15-9-10-17-34(31)41(46(44,45)33-20-18-28(4)19-21-33)26-36(42)40(25-30-14-11-16-32(38)22-30)35(37(43)39-24-27(2)3)23-29-12-7-6-8-13-29/h6-22,27,35H,5,23-26H2,1-4H3,(H,39,43)/t35-/m0/s1. The normalized spacial score (nSPS) is 12.0. The molecule has 0 aliphatic heterocycles. The van der Waals surface area contributed by atoms with Crippen LogP contribution in [0, 0.1) is 12.8 Å².